The van der Waals surface area contributed by atoms with Gasteiger partial charge in [-0.3, -0.25) is 4.79 Å². The number of nitrogens with two attached hydrogens (primary N) is 1. The second-order valence-electron chi connectivity index (χ2n) is 4.36. The minimum atomic E-state index is 0. The summed E-state index contributed by atoms with van der Waals surface area (Å²) in [5, 5.41) is 0. The van der Waals surface area contributed by atoms with Crippen LogP contribution in [0.2, 0.25) is 0 Å². The quantitative estimate of drug-likeness (QED) is 0.878. The molecule has 1 aliphatic rings. The molecule has 1 atom stereocenters. The highest BCUT2D eigenvalue weighted by Gasteiger charge is 2.28. The van der Waals surface area contributed by atoms with E-state index < -0.39 is 0 Å². The molecule has 1 fully saturated rings. The lowest BCUT2D eigenvalue weighted by Gasteiger charge is -2.24. The van der Waals surface area contributed by atoms with Crippen molar-refractivity contribution in [2.75, 3.05) is 13.1 Å². The van der Waals surface area contributed by atoms with Gasteiger partial charge in [0.05, 0.1) is 12.6 Å². The minimum Gasteiger partial charge on any atom is -0.335 e. The largest absolute Gasteiger partial charge is 0.335 e. The van der Waals surface area contributed by atoms with Crippen LogP contribution in [0.1, 0.15) is 30.0 Å². The second kappa shape index (κ2) is 6.03. The van der Waals surface area contributed by atoms with Crippen LogP contribution in [-0.2, 0) is 4.79 Å². The Labute approximate surface area is 108 Å². The van der Waals surface area contributed by atoms with Crippen molar-refractivity contribution < 1.29 is 4.79 Å². The number of hydrogen-bond acceptors (Lipinski definition) is 2. The maximum atomic E-state index is 11.7. The zero-order valence-electron chi connectivity index (χ0n) is 10.1. The molecule has 1 amide bonds. The fourth-order valence-corrected chi connectivity index (χ4v) is 2.41. The Morgan fingerprint density at radius 3 is 2.94 bits per heavy atom. The van der Waals surface area contributed by atoms with E-state index in [1.54, 1.807) is 0 Å². The van der Waals surface area contributed by atoms with Crippen molar-refractivity contribution in [1.29, 1.82) is 0 Å². The fraction of sp³-hybridized carbons (Fsp3) is 0.462. The van der Waals surface area contributed by atoms with Crippen LogP contribution in [0.25, 0.3) is 0 Å². The van der Waals surface area contributed by atoms with Crippen molar-refractivity contribution in [3.63, 3.8) is 0 Å². The summed E-state index contributed by atoms with van der Waals surface area (Å²) in [5.74, 6) is 0.0593. The fourth-order valence-electron chi connectivity index (χ4n) is 2.41. The van der Waals surface area contributed by atoms with Crippen LogP contribution < -0.4 is 5.73 Å². The highest BCUT2D eigenvalue weighted by Crippen LogP contribution is 2.31. The third-order valence-corrected chi connectivity index (χ3v) is 3.17. The topological polar surface area (TPSA) is 46.3 Å². The van der Waals surface area contributed by atoms with Gasteiger partial charge in [-0.05, 0) is 25.3 Å². The Kier molecular flexibility index (Phi) is 4.97. The first kappa shape index (κ1) is 14.0. The molecule has 0 saturated carbocycles. The van der Waals surface area contributed by atoms with Crippen LogP contribution in [0, 0.1) is 6.92 Å². The lowest BCUT2D eigenvalue weighted by atomic mass is 10.0. The molecule has 1 unspecified atom stereocenters. The standard InChI is InChI=1S/C13H18N2O.ClH/c1-10-4-2-5-11(8-10)12-6-3-7-15(12)13(16)9-14;/h2,4-5,8,12H,3,6-7,9,14H2,1H3;1H. The number of carbonyl (C=O) groups excluding carboxylic acids is 1. The van der Waals surface area contributed by atoms with Gasteiger partial charge in [0.25, 0.3) is 0 Å². The highest BCUT2D eigenvalue weighted by molar-refractivity contribution is 5.85. The van der Waals surface area contributed by atoms with E-state index in [4.69, 9.17) is 5.73 Å². The summed E-state index contributed by atoms with van der Waals surface area (Å²) in [6, 6.07) is 8.62. The summed E-state index contributed by atoms with van der Waals surface area (Å²) in [6.45, 7) is 3.03. The number of rotatable bonds is 2. The Hall–Kier alpha value is -1.06. The van der Waals surface area contributed by atoms with Crippen LogP contribution in [0.3, 0.4) is 0 Å². The number of carbonyl (C=O) groups is 1. The van der Waals surface area contributed by atoms with Gasteiger partial charge in [0.1, 0.15) is 0 Å². The van der Waals surface area contributed by atoms with Gasteiger partial charge < -0.3 is 10.6 Å². The average Bonchev–Trinajstić information content (AvgIpc) is 2.77. The maximum Gasteiger partial charge on any atom is 0.236 e. The first-order chi connectivity index (χ1) is 7.72. The van der Waals surface area contributed by atoms with Crippen LogP contribution >= 0.6 is 12.4 Å². The average molecular weight is 255 g/mol. The van der Waals surface area contributed by atoms with E-state index in [0.717, 1.165) is 19.4 Å². The molecular formula is C13H19ClN2O. The van der Waals surface area contributed by atoms with Crippen LogP contribution in [0.15, 0.2) is 24.3 Å². The normalized spacial score (nSPS) is 18.9. The number of nitrogens with zero attached hydrogens (tertiary/aromatic N) is 1. The molecular weight excluding hydrogens is 236 g/mol. The highest BCUT2D eigenvalue weighted by atomic mass is 35.5. The molecule has 1 heterocycles. The Morgan fingerprint density at radius 2 is 2.29 bits per heavy atom. The molecule has 3 nitrogen and oxygen atoms in total. The van der Waals surface area contributed by atoms with Crippen molar-refractivity contribution in [3.8, 4) is 0 Å². The first-order valence-electron chi connectivity index (χ1n) is 5.78. The molecule has 1 saturated heterocycles. The van der Waals surface area contributed by atoms with E-state index in [1.165, 1.54) is 11.1 Å². The van der Waals surface area contributed by atoms with Gasteiger partial charge in [-0.25, -0.2) is 0 Å². The summed E-state index contributed by atoms with van der Waals surface area (Å²) in [5.41, 5.74) is 7.91. The number of hydrogen-bond donors (Lipinski definition) is 1. The zero-order valence-corrected chi connectivity index (χ0v) is 10.9. The Bertz CT molecular complexity index is 395. The predicted octanol–water partition coefficient (Wildman–Crippen LogP) is 2.04. The number of likely N-dealkylation sites (tertiary alicyclic amines) is 1. The zero-order chi connectivity index (χ0) is 11.5. The minimum absolute atomic E-state index is 0. The van der Waals surface area contributed by atoms with Crippen LogP contribution in [0.5, 0.6) is 0 Å². The monoisotopic (exact) mass is 254 g/mol. The summed E-state index contributed by atoms with van der Waals surface area (Å²) in [4.78, 5) is 13.6. The Morgan fingerprint density at radius 1 is 1.53 bits per heavy atom. The van der Waals surface area contributed by atoms with E-state index >= 15 is 0 Å². The van der Waals surface area contributed by atoms with Crippen LogP contribution in [0.4, 0.5) is 0 Å². The third-order valence-electron chi connectivity index (χ3n) is 3.17. The van der Waals surface area contributed by atoms with Crippen molar-refractivity contribution >= 4 is 18.3 Å². The smallest absolute Gasteiger partial charge is 0.236 e. The molecule has 1 aromatic carbocycles. The van der Waals surface area contributed by atoms with Gasteiger partial charge in [-0.2, -0.15) is 0 Å². The molecule has 1 aromatic rings. The first-order valence-corrected chi connectivity index (χ1v) is 5.78. The molecule has 1 aliphatic heterocycles. The number of halogens is 1. The SMILES string of the molecule is Cc1cccc(C2CCCN2C(=O)CN)c1.Cl. The summed E-state index contributed by atoms with van der Waals surface area (Å²) in [7, 11) is 0. The number of aryl methyl sites for hydroxylation is 1. The summed E-state index contributed by atoms with van der Waals surface area (Å²) >= 11 is 0. The molecule has 94 valence electrons. The lowest BCUT2D eigenvalue weighted by molar-refractivity contribution is -0.130. The van der Waals surface area contributed by atoms with E-state index in [9.17, 15) is 4.79 Å². The van der Waals surface area contributed by atoms with Gasteiger partial charge in [0, 0.05) is 6.54 Å². The van der Waals surface area contributed by atoms with Gasteiger partial charge in [-0.1, -0.05) is 29.8 Å². The number of benzene rings is 1. The van der Waals surface area contributed by atoms with Crippen molar-refractivity contribution in [2.24, 2.45) is 5.73 Å². The third kappa shape index (κ3) is 2.99. The number of amides is 1. The van der Waals surface area contributed by atoms with Gasteiger partial charge in [-0.15, -0.1) is 12.4 Å². The summed E-state index contributed by atoms with van der Waals surface area (Å²) in [6.07, 6.45) is 2.12. The molecule has 0 aromatic heterocycles. The molecule has 2 rings (SSSR count). The van der Waals surface area contributed by atoms with E-state index in [1.807, 2.05) is 11.0 Å². The molecule has 0 aliphatic carbocycles. The molecule has 0 bridgehead atoms. The molecule has 0 spiro atoms. The van der Waals surface area contributed by atoms with Gasteiger partial charge in [0.2, 0.25) is 5.91 Å². The molecule has 17 heavy (non-hydrogen) atoms. The second-order valence-corrected chi connectivity index (χ2v) is 4.36. The van der Waals surface area contributed by atoms with E-state index in [0.29, 0.717) is 0 Å². The van der Waals surface area contributed by atoms with E-state index in [2.05, 4.69) is 25.1 Å². The van der Waals surface area contributed by atoms with Crippen molar-refractivity contribution in [3.05, 3.63) is 35.4 Å². The molecule has 0 radical (unpaired) electrons. The van der Waals surface area contributed by atoms with E-state index in [-0.39, 0.29) is 30.9 Å². The Balaban J connectivity index is 0.00000144. The maximum absolute atomic E-state index is 11.7. The molecule has 4 heteroatoms. The summed E-state index contributed by atoms with van der Waals surface area (Å²) < 4.78 is 0. The predicted molar refractivity (Wildman–Crippen MR) is 71.2 cm³/mol. The van der Waals surface area contributed by atoms with Gasteiger partial charge in [0.15, 0.2) is 0 Å². The van der Waals surface area contributed by atoms with Crippen molar-refractivity contribution in [1.82, 2.24) is 4.90 Å². The van der Waals surface area contributed by atoms with Crippen molar-refractivity contribution in [2.45, 2.75) is 25.8 Å². The van der Waals surface area contributed by atoms with Gasteiger partial charge >= 0.3 is 0 Å². The lowest BCUT2D eigenvalue weighted by Crippen LogP contribution is -2.35. The van der Waals surface area contributed by atoms with Crippen LogP contribution in [-0.4, -0.2) is 23.9 Å². The molecule has 2 N–H and O–H groups in total.